The topological polar surface area (TPSA) is 82.2 Å². The summed E-state index contributed by atoms with van der Waals surface area (Å²) in [7, 11) is 0. The first-order valence-electron chi connectivity index (χ1n) is 10.5. The van der Waals surface area contributed by atoms with Crippen LogP contribution in [-0.2, 0) is 9.59 Å². The van der Waals surface area contributed by atoms with Gasteiger partial charge in [-0.15, -0.1) is 0 Å². The number of anilines is 1. The average molecular weight is 400 g/mol. The fourth-order valence-electron chi connectivity index (χ4n) is 4.12. The van der Waals surface area contributed by atoms with Gasteiger partial charge in [-0.05, 0) is 31.0 Å². The van der Waals surface area contributed by atoms with E-state index in [-0.39, 0.29) is 24.3 Å². The van der Waals surface area contributed by atoms with Crippen molar-refractivity contribution < 1.29 is 19.1 Å². The minimum absolute atomic E-state index is 0.00159. The smallest absolute Gasteiger partial charge is 0.262 e. The van der Waals surface area contributed by atoms with E-state index in [2.05, 4.69) is 10.2 Å². The highest BCUT2D eigenvalue weighted by Crippen LogP contribution is 2.29. The Morgan fingerprint density at radius 3 is 2.38 bits per heavy atom. The lowest BCUT2D eigenvalue weighted by molar-refractivity contribution is -0.132. The molecule has 156 valence electrons. The summed E-state index contributed by atoms with van der Waals surface area (Å²) in [5.41, 5.74) is 1.07. The van der Waals surface area contributed by atoms with E-state index in [1.807, 2.05) is 4.90 Å². The highest BCUT2D eigenvalue weighted by atomic mass is 16.5. The molecule has 4 rings (SSSR count). The quantitative estimate of drug-likeness (QED) is 0.824. The molecule has 2 fully saturated rings. The fourth-order valence-corrected chi connectivity index (χ4v) is 4.12. The molecule has 3 heterocycles. The number of carbonyl (C=O) groups excluding carboxylic acids is 3. The number of amides is 3. The predicted molar refractivity (Wildman–Crippen MR) is 108 cm³/mol. The zero-order chi connectivity index (χ0) is 20.2. The van der Waals surface area contributed by atoms with Crippen LogP contribution >= 0.6 is 0 Å². The largest absolute Gasteiger partial charge is 0.482 e. The Morgan fingerprint density at radius 1 is 0.931 bits per heavy atom. The van der Waals surface area contributed by atoms with Crippen LogP contribution in [0.2, 0.25) is 0 Å². The van der Waals surface area contributed by atoms with Gasteiger partial charge in [0.15, 0.2) is 6.61 Å². The molecule has 0 bridgehead atoms. The minimum atomic E-state index is -0.218. The van der Waals surface area contributed by atoms with Gasteiger partial charge in [0.1, 0.15) is 5.75 Å². The van der Waals surface area contributed by atoms with E-state index in [1.165, 1.54) is 12.8 Å². The number of piperazine rings is 1. The monoisotopic (exact) mass is 400 g/mol. The van der Waals surface area contributed by atoms with Gasteiger partial charge in [0.25, 0.3) is 11.8 Å². The third-order valence-corrected chi connectivity index (χ3v) is 5.84. The number of likely N-dealkylation sites (tertiary alicyclic amines) is 1. The number of ether oxygens (including phenoxy) is 1. The molecule has 2 saturated heterocycles. The molecule has 0 atom stereocenters. The molecule has 0 spiro atoms. The predicted octanol–water partition coefficient (Wildman–Crippen LogP) is 1.18. The maximum absolute atomic E-state index is 12.9. The van der Waals surface area contributed by atoms with Crippen LogP contribution < -0.4 is 10.1 Å². The van der Waals surface area contributed by atoms with Crippen molar-refractivity contribution in [3.8, 4) is 5.75 Å². The van der Waals surface area contributed by atoms with E-state index in [0.29, 0.717) is 49.7 Å². The zero-order valence-electron chi connectivity index (χ0n) is 16.7. The van der Waals surface area contributed by atoms with E-state index in [4.69, 9.17) is 4.74 Å². The molecule has 3 aliphatic rings. The number of fused-ring (bicyclic) bond motifs is 1. The molecule has 3 aliphatic heterocycles. The Morgan fingerprint density at radius 2 is 1.66 bits per heavy atom. The molecule has 1 aromatic carbocycles. The van der Waals surface area contributed by atoms with Crippen LogP contribution in [0.5, 0.6) is 5.75 Å². The highest BCUT2D eigenvalue weighted by Gasteiger charge is 2.26. The van der Waals surface area contributed by atoms with Crippen molar-refractivity contribution in [1.82, 2.24) is 14.7 Å². The molecule has 3 amide bonds. The molecular formula is C21H28N4O4. The van der Waals surface area contributed by atoms with Crippen molar-refractivity contribution in [2.45, 2.75) is 25.7 Å². The van der Waals surface area contributed by atoms with Gasteiger partial charge in [0.2, 0.25) is 5.91 Å². The summed E-state index contributed by atoms with van der Waals surface area (Å²) >= 11 is 0. The average Bonchev–Trinajstić information content (AvgIpc) is 3.03. The molecule has 0 unspecified atom stereocenters. The van der Waals surface area contributed by atoms with Crippen LogP contribution in [0, 0.1) is 0 Å². The highest BCUT2D eigenvalue weighted by molar-refractivity contribution is 5.99. The molecule has 1 N–H and O–H groups in total. The second-order valence-corrected chi connectivity index (χ2v) is 7.91. The van der Waals surface area contributed by atoms with Gasteiger partial charge < -0.3 is 19.9 Å². The first kappa shape index (κ1) is 19.7. The number of benzene rings is 1. The van der Waals surface area contributed by atoms with Crippen molar-refractivity contribution in [3.63, 3.8) is 0 Å². The molecule has 8 nitrogen and oxygen atoms in total. The lowest BCUT2D eigenvalue weighted by atomic mass is 10.1. The van der Waals surface area contributed by atoms with Crippen molar-refractivity contribution in [2.75, 3.05) is 57.7 Å². The van der Waals surface area contributed by atoms with Crippen LogP contribution in [-0.4, -0.2) is 84.8 Å². The normalized spacial score (nSPS) is 20.3. The molecule has 0 radical (unpaired) electrons. The van der Waals surface area contributed by atoms with E-state index < -0.39 is 0 Å². The number of nitrogens with one attached hydrogen (secondary N) is 1. The van der Waals surface area contributed by atoms with E-state index in [1.54, 1.807) is 23.1 Å². The van der Waals surface area contributed by atoms with Gasteiger partial charge in [-0.3, -0.25) is 19.3 Å². The van der Waals surface area contributed by atoms with E-state index >= 15 is 0 Å². The van der Waals surface area contributed by atoms with Crippen LogP contribution in [0.1, 0.15) is 36.0 Å². The maximum atomic E-state index is 12.9. The molecule has 29 heavy (non-hydrogen) atoms. The number of rotatable bonds is 3. The Bertz CT molecular complexity index is 781. The molecule has 8 heteroatoms. The second-order valence-electron chi connectivity index (χ2n) is 7.91. The van der Waals surface area contributed by atoms with Gasteiger partial charge in [0.05, 0.1) is 12.2 Å². The van der Waals surface area contributed by atoms with Gasteiger partial charge in [-0.2, -0.15) is 0 Å². The number of hydrogen-bond donors (Lipinski definition) is 1. The number of carbonyl (C=O) groups is 3. The molecule has 0 saturated carbocycles. The van der Waals surface area contributed by atoms with Crippen molar-refractivity contribution >= 4 is 23.4 Å². The summed E-state index contributed by atoms with van der Waals surface area (Å²) < 4.78 is 5.35. The number of nitrogens with zero attached hydrogens (tertiary/aromatic N) is 3. The van der Waals surface area contributed by atoms with Crippen LogP contribution in [0.3, 0.4) is 0 Å². The zero-order valence-corrected chi connectivity index (χ0v) is 16.7. The summed E-state index contributed by atoms with van der Waals surface area (Å²) in [6, 6.07) is 5.12. The third-order valence-electron chi connectivity index (χ3n) is 5.84. The summed E-state index contributed by atoms with van der Waals surface area (Å²) in [5.74, 6) is 0.506. The first-order valence-corrected chi connectivity index (χ1v) is 10.5. The SMILES string of the molecule is O=C1COc2ccc(C(=O)N3CCN(CC(=O)N4CCCCCC4)CC3)cc2N1. The molecule has 0 aromatic heterocycles. The van der Waals surface area contributed by atoms with Crippen molar-refractivity contribution in [2.24, 2.45) is 0 Å². The van der Waals surface area contributed by atoms with E-state index in [0.717, 1.165) is 25.9 Å². The summed E-state index contributed by atoms with van der Waals surface area (Å²) in [6.07, 6.45) is 4.62. The Kier molecular flexibility index (Phi) is 5.99. The summed E-state index contributed by atoms with van der Waals surface area (Å²) in [4.78, 5) is 42.9. The Balaban J connectivity index is 1.30. The van der Waals surface area contributed by atoms with Crippen molar-refractivity contribution in [3.05, 3.63) is 23.8 Å². The van der Waals surface area contributed by atoms with Crippen molar-refractivity contribution in [1.29, 1.82) is 0 Å². The van der Waals surface area contributed by atoms with Gasteiger partial charge in [-0.25, -0.2) is 0 Å². The summed E-state index contributed by atoms with van der Waals surface area (Å²) in [5, 5.41) is 2.74. The number of hydrogen-bond acceptors (Lipinski definition) is 5. The fraction of sp³-hybridized carbons (Fsp3) is 0.571. The van der Waals surface area contributed by atoms with Crippen LogP contribution in [0.4, 0.5) is 5.69 Å². The molecule has 0 aliphatic carbocycles. The first-order chi connectivity index (χ1) is 14.1. The van der Waals surface area contributed by atoms with Crippen LogP contribution in [0.15, 0.2) is 18.2 Å². The Hall–Kier alpha value is -2.61. The third kappa shape index (κ3) is 4.70. The summed E-state index contributed by atoms with van der Waals surface area (Å²) in [6.45, 7) is 4.73. The standard InChI is InChI=1S/C21H28N4O4/c26-19-15-29-18-6-5-16(13-17(18)22-19)21(28)25-11-9-23(10-12-25)14-20(27)24-7-3-1-2-4-8-24/h5-6,13H,1-4,7-12,14-15H2,(H,22,26). The maximum Gasteiger partial charge on any atom is 0.262 e. The Labute approximate surface area is 170 Å². The van der Waals surface area contributed by atoms with Gasteiger partial charge in [0, 0.05) is 44.8 Å². The lowest BCUT2D eigenvalue weighted by Crippen LogP contribution is -2.51. The van der Waals surface area contributed by atoms with Gasteiger partial charge in [-0.1, -0.05) is 12.8 Å². The van der Waals surface area contributed by atoms with E-state index in [9.17, 15) is 14.4 Å². The lowest BCUT2D eigenvalue weighted by Gasteiger charge is -2.35. The van der Waals surface area contributed by atoms with Gasteiger partial charge >= 0.3 is 0 Å². The van der Waals surface area contributed by atoms with Crippen LogP contribution in [0.25, 0.3) is 0 Å². The minimum Gasteiger partial charge on any atom is -0.482 e. The molecule has 1 aromatic rings. The molecular weight excluding hydrogens is 372 g/mol. The second kappa shape index (κ2) is 8.82.